The number of nitrogens with zero attached hydrogens (tertiary/aromatic N) is 4. The van der Waals surface area contributed by atoms with Crippen LogP contribution in [0.2, 0.25) is 0 Å². The van der Waals surface area contributed by atoms with E-state index in [2.05, 4.69) is 14.9 Å². The molecule has 2 heterocycles. The number of halogens is 3. The van der Waals surface area contributed by atoms with Gasteiger partial charge < -0.3 is 0 Å². The fraction of sp³-hybridized carbons (Fsp3) is 0.600. The molecule has 0 radical (unpaired) electrons. The molecule has 0 aliphatic carbocycles. The number of rotatable bonds is 7. The SMILES string of the molecule is CCn1cc(S(=O)(=O)NCC(C)Cn2nc(C(F)(F)F)cc2C)c(C)n1. The largest absolute Gasteiger partial charge is 0.435 e. The van der Waals surface area contributed by atoms with E-state index in [1.807, 2.05) is 6.92 Å². The molecular formula is C15H22F3N5O2S. The van der Waals surface area contributed by atoms with Gasteiger partial charge in [-0.2, -0.15) is 23.4 Å². The first-order chi connectivity index (χ1) is 11.9. The second-order valence-corrected chi connectivity index (χ2v) is 7.98. The van der Waals surface area contributed by atoms with Crippen LogP contribution in [0.25, 0.3) is 0 Å². The lowest BCUT2D eigenvalue weighted by Crippen LogP contribution is -2.30. The first-order valence-corrected chi connectivity index (χ1v) is 9.57. The van der Waals surface area contributed by atoms with Crippen LogP contribution in [-0.2, 0) is 29.3 Å². The molecule has 0 aliphatic heterocycles. The number of sulfonamides is 1. The molecule has 1 atom stereocenters. The van der Waals surface area contributed by atoms with Gasteiger partial charge in [-0.15, -0.1) is 0 Å². The molecule has 0 amide bonds. The van der Waals surface area contributed by atoms with Crippen molar-refractivity contribution in [3.63, 3.8) is 0 Å². The van der Waals surface area contributed by atoms with Crippen LogP contribution in [0.3, 0.4) is 0 Å². The first-order valence-electron chi connectivity index (χ1n) is 8.09. The summed E-state index contributed by atoms with van der Waals surface area (Å²) in [4.78, 5) is 0.0983. The quantitative estimate of drug-likeness (QED) is 0.783. The smallest absolute Gasteiger partial charge is 0.271 e. The number of nitrogens with one attached hydrogen (secondary N) is 1. The van der Waals surface area contributed by atoms with E-state index >= 15 is 0 Å². The van der Waals surface area contributed by atoms with Crippen LogP contribution in [0, 0.1) is 19.8 Å². The summed E-state index contributed by atoms with van der Waals surface area (Å²) in [5.41, 5.74) is -0.192. The summed E-state index contributed by atoms with van der Waals surface area (Å²) in [6.07, 6.45) is -3.05. The van der Waals surface area contributed by atoms with Gasteiger partial charge in [-0.3, -0.25) is 9.36 Å². The summed E-state index contributed by atoms with van der Waals surface area (Å²) in [5, 5.41) is 7.66. The lowest BCUT2D eigenvalue weighted by Gasteiger charge is -2.14. The van der Waals surface area contributed by atoms with E-state index in [-0.39, 0.29) is 23.9 Å². The number of hydrogen-bond acceptors (Lipinski definition) is 4. The predicted octanol–water partition coefficient (Wildman–Crippen LogP) is 2.35. The van der Waals surface area contributed by atoms with Gasteiger partial charge in [0.1, 0.15) is 4.90 Å². The van der Waals surface area contributed by atoms with Crippen molar-refractivity contribution in [2.24, 2.45) is 5.92 Å². The van der Waals surface area contributed by atoms with Crippen LogP contribution in [0.1, 0.15) is 30.9 Å². The van der Waals surface area contributed by atoms with Gasteiger partial charge in [0.05, 0.1) is 5.69 Å². The minimum absolute atomic E-state index is 0.0692. The highest BCUT2D eigenvalue weighted by Crippen LogP contribution is 2.28. The molecule has 2 rings (SSSR count). The Kier molecular flexibility index (Phi) is 5.81. The van der Waals surface area contributed by atoms with E-state index in [1.165, 1.54) is 22.5 Å². The summed E-state index contributed by atoms with van der Waals surface area (Å²) < 4.78 is 68.2. The van der Waals surface area contributed by atoms with Gasteiger partial charge in [0.2, 0.25) is 10.0 Å². The average Bonchev–Trinajstić information content (AvgIpc) is 3.09. The van der Waals surface area contributed by atoms with Gasteiger partial charge in [-0.05, 0) is 32.8 Å². The fourth-order valence-electron chi connectivity index (χ4n) is 2.45. The van der Waals surface area contributed by atoms with Crippen LogP contribution >= 0.6 is 0 Å². The number of aryl methyl sites for hydroxylation is 3. The first kappa shape index (κ1) is 20.4. The lowest BCUT2D eigenvalue weighted by molar-refractivity contribution is -0.141. The van der Waals surface area contributed by atoms with E-state index in [4.69, 9.17) is 0 Å². The third kappa shape index (κ3) is 4.64. The number of aromatic nitrogens is 4. The highest BCUT2D eigenvalue weighted by molar-refractivity contribution is 7.89. The fourth-order valence-corrected chi connectivity index (χ4v) is 3.80. The molecule has 0 bridgehead atoms. The molecule has 0 aliphatic rings. The zero-order chi connectivity index (χ0) is 19.7. The molecule has 0 fully saturated rings. The topological polar surface area (TPSA) is 81.8 Å². The summed E-state index contributed by atoms with van der Waals surface area (Å²) in [6.45, 7) is 7.50. The van der Waals surface area contributed by atoms with Crippen molar-refractivity contribution in [1.29, 1.82) is 0 Å². The van der Waals surface area contributed by atoms with Crippen molar-refractivity contribution in [2.75, 3.05) is 6.54 Å². The highest BCUT2D eigenvalue weighted by atomic mass is 32.2. The molecule has 1 N–H and O–H groups in total. The Morgan fingerprint density at radius 2 is 1.92 bits per heavy atom. The van der Waals surface area contributed by atoms with E-state index in [0.29, 0.717) is 17.9 Å². The molecule has 2 aromatic heterocycles. The van der Waals surface area contributed by atoms with Gasteiger partial charge in [0.25, 0.3) is 0 Å². The number of alkyl halides is 3. The molecule has 0 saturated heterocycles. The predicted molar refractivity (Wildman–Crippen MR) is 89.0 cm³/mol. The molecular weight excluding hydrogens is 371 g/mol. The van der Waals surface area contributed by atoms with Crippen LogP contribution in [0.5, 0.6) is 0 Å². The average molecular weight is 393 g/mol. The zero-order valence-corrected chi connectivity index (χ0v) is 15.8. The lowest BCUT2D eigenvalue weighted by atomic mass is 10.2. The summed E-state index contributed by atoms with van der Waals surface area (Å²) in [7, 11) is -3.74. The molecule has 2 aromatic rings. The monoisotopic (exact) mass is 393 g/mol. The van der Waals surface area contributed by atoms with Crippen LogP contribution < -0.4 is 4.72 Å². The van der Waals surface area contributed by atoms with E-state index in [9.17, 15) is 21.6 Å². The molecule has 26 heavy (non-hydrogen) atoms. The van der Waals surface area contributed by atoms with Crippen molar-refractivity contribution < 1.29 is 21.6 Å². The molecule has 146 valence electrons. The van der Waals surface area contributed by atoms with Crippen molar-refractivity contribution in [1.82, 2.24) is 24.3 Å². The molecule has 0 spiro atoms. The molecule has 0 aromatic carbocycles. The second kappa shape index (κ2) is 7.39. The Labute approximate surface area is 150 Å². The van der Waals surface area contributed by atoms with Gasteiger partial charge in [-0.25, -0.2) is 13.1 Å². The highest BCUT2D eigenvalue weighted by Gasteiger charge is 2.34. The Morgan fingerprint density at radius 3 is 2.42 bits per heavy atom. The second-order valence-electron chi connectivity index (χ2n) is 6.24. The van der Waals surface area contributed by atoms with Gasteiger partial charge in [0, 0.05) is 31.5 Å². The zero-order valence-electron chi connectivity index (χ0n) is 15.0. The van der Waals surface area contributed by atoms with Gasteiger partial charge in [-0.1, -0.05) is 6.92 Å². The molecule has 7 nitrogen and oxygen atoms in total. The van der Waals surface area contributed by atoms with Gasteiger partial charge in [0.15, 0.2) is 5.69 Å². The van der Waals surface area contributed by atoms with E-state index < -0.39 is 21.9 Å². The Balaban J connectivity index is 2.03. The summed E-state index contributed by atoms with van der Waals surface area (Å²) in [6, 6.07) is 0.972. The van der Waals surface area contributed by atoms with Gasteiger partial charge >= 0.3 is 6.18 Å². The maximum absolute atomic E-state index is 12.7. The van der Waals surface area contributed by atoms with Crippen molar-refractivity contribution in [3.05, 3.63) is 29.3 Å². The Bertz CT molecular complexity index is 870. The molecule has 0 saturated carbocycles. The van der Waals surface area contributed by atoms with Crippen molar-refractivity contribution >= 4 is 10.0 Å². The third-order valence-electron chi connectivity index (χ3n) is 3.89. The Morgan fingerprint density at radius 1 is 1.27 bits per heavy atom. The minimum Gasteiger partial charge on any atom is -0.271 e. The molecule has 11 heteroatoms. The van der Waals surface area contributed by atoms with E-state index in [1.54, 1.807) is 13.8 Å². The van der Waals surface area contributed by atoms with Crippen molar-refractivity contribution in [3.8, 4) is 0 Å². The third-order valence-corrected chi connectivity index (χ3v) is 5.42. The maximum atomic E-state index is 12.7. The summed E-state index contributed by atoms with van der Waals surface area (Å²) >= 11 is 0. The summed E-state index contributed by atoms with van der Waals surface area (Å²) in [5.74, 6) is -0.258. The number of hydrogen-bond donors (Lipinski definition) is 1. The van der Waals surface area contributed by atoms with Crippen LogP contribution in [0.15, 0.2) is 17.2 Å². The van der Waals surface area contributed by atoms with Crippen molar-refractivity contribution in [2.45, 2.75) is 51.9 Å². The minimum atomic E-state index is -4.50. The normalized spacial score (nSPS) is 14.0. The maximum Gasteiger partial charge on any atom is 0.435 e. The van der Waals surface area contributed by atoms with Crippen LogP contribution in [-0.4, -0.2) is 34.5 Å². The standard InChI is InChI=1S/C15H22F3N5O2S/c1-5-22-9-13(12(4)20-22)26(24,25)19-7-10(2)8-23-11(3)6-14(21-23)15(16,17)18/h6,9-10,19H,5,7-8H2,1-4H3. The van der Waals surface area contributed by atoms with Crippen LogP contribution in [0.4, 0.5) is 13.2 Å². The molecule has 1 unspecified atom stereocenters. The Hall–Kier alpha value is -1.88. The van der Waals surface area contributed by atoms with E-state index in [0.717, 1.165) is 6.07 Å².